The standard InChI is InChI=1S/C18H24FN3O2/c19-15-5-1-2-6-16(15)21-17(23)12-22-9-3-4-14(11-22)18(24)20-10-13-7-8-13/h1-2,5-6,13-14H,3-4,7-12H2,(H,20,24)(H,21,23). The number of carbonyl (C=O) groups excluding carboxylic acids is 2. The number of benzene rings is 1. The molecule has 1 saturated heterocycles. The predicted octanol–water partition coefficient (Wildman–Crippen LogP) is 2.00. The lowest BCUT2D eigenvalue weighted by Crippen LogP contribution is -2.45. The van der Waals surface area contributed by atoms with Crippen molar-refractivity contribution in [3.63, 3.8) is 0 Å². The summed E-state index contributed by atoms with van der Waals surface area (Å²) in [6.45, 7) is 2.34. The van der Waals surface area contributed by atoms with Crippen LogP contribution >= 0.6 is 0 Å². The zero-order chi connectivity index (χ0) is 16.9. The fourth-order valence-electron chi connectivity index (χ4n) is 3.08. The normalized spacial score (nSPS) is 21.3. The second kappa shape index (κ2) is 7.75. The molecule has 6 heteroatoms. The summed E-state index contributed by atoms with van der Waals surface area (Å²) in [7, 11) is 0. The van der Waals surface area contributed by atoms with Crippen LogP contribution in [-0.4, -0.2) is 42.9 Å². The van der Waals surface area contributed by atoms with Gasteiger partial charge >= 0.3 is 0 Å². The van der Waals surface area contributed by atoms with Gasteiger partial charge in [-0.15, -0.1) is 0 Å². The lowest BCUT2D eigenvalue weighted by Gasteiger charge is -2.31. The van der Waals surface area contributed by atoms with Crippen LogP contribution in [-0.2, 0) is 9.59 Å². The van der Waals surface area contributed by atoms with E-state index in [1.165, 1.54) is 25.0 Å². The van der Waals surface area contributed by atoms with E-state index in [2.05, 4.69) is 10.6 Å². The summed E-state index contributed by atoms with van der Waals surface area (Å²) in [6.07, 6.45) is 4.19. The molecule has 2 fully saturated rings. The number of nitrogens with one attached hydrogen (secondary N) is 2. The number of anilines is 1. The van der Waals surface area contributed by atoms with Crippen LogP contribution in [0.5, 0.6) is 0 Å². The number of piperidine rings is 1. The second-order valence-corrected chi connectivity index (χ2v) is 6.79. The maximum absolute atomic E-state index is 13.6. The summed E-state index contributed by atoms with van der Waals surface area (Å²) >= 11 is 0. The largest absolute Gasteiger partial charge is 0.356 e. The van der Waals surface area contributed by atoms with Crippen LogP contribution in [0.3, 0.4) is 0 Å². The third-order valence-electron chi connectivity index (χ3n) is 4.65. The van der Waals surface area contributed by atoms with Gasteiger partial charge < -0.3 is 10.6 Å². The van der Waals surface area contributed by atoms with Crippen molar-refractivity contribution in [2.45, 2.75) is 25.7 Å². The quantitative estimate of drug-likeness (QED) is 0.837. The number of amides is 2. The van der Waals surface area contributed by atoms with Crippen LogP contribution < -0.4 is 10.6 Å². The highest BCUT2D eigenvalue weighted by Crippen LogP contribution is 2.28. The molecule has 130 valence electrons. The summed E-state index contributed by atoms with van der Waals surface area (Å²) < 4.78 is 13.6. The molecule has 1 heterocycles. The molecule has 1 aromatic rings. The number of para-hydroxylation sites is 1. The van der Waals surface area contributed by atoms with E-state index < -0.39 is 5.82 Å². The first-order chi connectivity index (χ1) is 11.6. The Kier molecular flexibility index (Phi) is 5.45. The molecule has 3 rings (SSSR count). The van der Waals surface area contributed by atoms with Gasteiger partial charge in [0.15, 0.2) is 0 Å². The molecule has 1 aromatic carbocycles. The molecule has 2 amide bonds. The zero-order valence-electron chi connectivity index (χ0n) is 13.8. The second-order valence-electron chi connectivity index (χ2n) is 6.79. The number of rotatable bonds is 6. The number of carbonyl (C=O) groups is 2. The van der Waals surface area contributed by atoms with Crippen molar-refractivity contribution in [3.05, 3.63) is 30.1 Å². The minimum Gasteiger partial charge on any atom is -0.356 e. The van der Waals surface area contributed by atoms with Crippen molar-refractivity contribution >= 4 is 17.5 Å². The lowest BCUT2D eigenvalue weighted by molar-refractivity contribution is -0.128. The van der Waals surface area contributed by atoms with Crippen LogP contribution in [0, 0.1) is 17.7 Å². The molecule has 5 nitrogen and oxygen atoms in total. The SMILES string of the molecule is O=C(CN1CCCC(C(=O)NCC2CC2)C1)Nc1ccccc1F. The van der Waals surface area contributed by atoms with Gasteiger partial charge in [-0.1, -0.05) is 12.1 Å². The molecule has 1 atom stereocenters. The van der Waals surface area contributed by atoms with Gasteiger partial charge in [-0.25, -0.2) is 4.39 Å². The minimum absolute atomic E-state index is 0.0567. The first-order valence-corrected chi connectivity index (χ1v) is 8.66. The Hall–Kier alpha value is -1.95. The number of halogens is 1. The van der Waals surface area contributed by atoms with Crippen molar-refractivity contribution in [1.82, 2.24) is 10.2 Å². The van der Waals surface area contributed by atoms with Gasteiger partial charge in [0.25, 0.3) is 0 Å². The van der Waals surface area contributed by atoms with E-state index in [0.29, 0.717) is 12.5 Å². The van der Waals surface area contributed by atoms with Gasteiger partial charge in [-0.05, 0) is 50.3 Å². The predicted molar refractivity (Wildman–Crippen MR) is 89.9 cm³/mol. The summed E-state index contributed by atoms with van der Waals surface area (Å²) in [5.74, 6) is 0.0148. The van der Waals surface area contributed by atoms with E-state index in [1.54, 1.807) is 12.1 Å². The first kappa shape index (κ1) is 16.9. The van der Waals surface area contributed by atoms with E-state index >= 15 is 0 Å². The average molecular weight is 333 g/mol. The summed E-state index contributed by atoms with van der Waals surface area (Å²) in [5.41, 5.74) is 0.193. The Balaban J connectivity index is 1.46. The maximum atomic E-state index is 13.6. The van der Waals surface area contributed by atoms with E-state index in [-0.39, 0.29) is 30.0 Å². The molecular weight excluding hydrogens is 309 g/mol. The van der Waals surface area contributed by atoms with Gasteiger partial charge in [0.1, 0.15) is 5.82 Å². The third kappa shape index (κ3) is 4.77. The highest BCUT2D eigenvalue weighted by Gasteiger charge is 2.28. The smallest absolute Gasteiger partial charge is 0.238 e. The zero-order valence-corrected chi connectivity index (χ0v) is 13.8. The molecular formula is C18H24FN3O2. The van der Waals surface area contributed by atoms with Gasteiger partial charge in [-0.2, -0.15) is 0 Å². The van der Waals surface area contributed by atoms with Gasteiger partial charge in [0.2, 0.25) is 11.8 Å². The maximum Gasteiger partial charge on any atom is 0.238 e. The van der Waals surface area contributed by atoms with Crippen LogP contribution in [0.2, 0.25) is 0 Å². The fourth-order valence-corrected chi connectivity index (χ4v) is 3.08. The average Bonchev–Trinajstić information content (AvgIpc) is 3.39. The van der Waals surface area contributed by atoms with Crippen LogP contribution in [0.25, 0.3) is 0 Å². The van der Waals surface area contributed by atoms with Gasteiger partial charge in [0, 0.05) is 13.1 Å². The van der Waals surface area contributed by atoms with Crippen LogP contribution in [0.1, 0.15) is 25.7 Å². The van der Waals surface area contributed by atoms with E-state index in [0.717, 1.165) is 25.9 Å². The topological polar surface area (TPSA) is 61.4 Å². The Morgan fingerprint density at radius 1 is 1.21 bits per heavy atom. The number of likely N-dealkylation sites (tertiary alicyclic amines) is 1. The van der Waals surface area contributed by atoms with Crippen molar-refractivity contribution in [3.8, 4) is 0 Å². The van der Waals surface area contributed by atoms with Crippen LogP contribution in [0.4, 0.5) is 10.1 Å². The van der Waals surface area contributed by atoms with Crippen molar-refractivity contribution in [2.24, 2.45) is 11.8 Å². The molecule has 0 radical (unpaired) electrons. The molecule has 0 spiro atoms. The number of hydrogen-bond acceptors (Lipinski definition) is 3. The Morgan fingerprint density at radius 2 is 2.00 bits per heavy atom. The Labute approximate surface area is 141 Å². The van der Waals surface area contributed by atoms with E-state index in [9.17, 15) is 14.0 Å². The minimum atomic E-state index is -0.443. The molecule has 1 aliphatic heterocycles. The molecule has 2 N–H and O–H groups in total. The van der Waals surface area contributed by atoms with Crippen LogP contribution in [0.15, 0.2) is 24.3 Å². The number of nitrogens with zero attached hydrogens (tertiary/aromatic N) is 1. The third-order valence-corrected chi connectivity index (χ3v) is 4.65. The van der Waals surface area contributed by atoms with Gasteiger partial charge in [-0.3, -0.25) is 14.5 Å². The van der Waals surface area contributed by atoms with Crippen molar-refractivity contribution < 1.29 is 14.0 Å². The van der Waals surface area contributed by atoms with Gasteiger partial charge in [0.05, 0.1) is 18.2 Å². The number of hydrogen-bond donors (Lipinski definition) is 2. The Morgan fingerprint density at radius 3 is 2.75 bits per heavy atom. The fraction of sp³-hybridized carbons (Fsp3) is 0.556. The monoisotopic (exact) mass is 333 g/mol. The van der Waals surface area contributed by atoms with E-state index in [1.807, 2.05) is 4.90 Å². The Bertz CT molecular complexity index is 604. The molecule has 1 aliphatic carbocycles. The van der Waals surface area contributed by atoms with Crippen molar-refractivity contribution in [2.75, 3.05) is 31.5 Å². The molecule has 0 aromatic heterocycles. The first-order valence-electron chi connectivity index (χ1n) is 8.66. The molecule has 2 aliphatic rings. The van der Waals surface area contributed by atoms with Crippen molar-refractivity contribution in [1.29, 1.82) is 0 Å². The molecule has 0 bridgehead atoms. The summed E-state index contributed by atoms with van der Waals surface area (Å²) in [5, 5.41) is 5.61. The summed E-state index contributed by atoms with van der Waals surface area (Å²) in [6, 6.07) is 6.12. The summed E-state index contributed by atoms with van der Waals surface area (Å²) in [4.78, 5) is 26.3. The lowest BCUT2D eigenvalue weighted by atomic mass is 9.97. The molecule has 1 unspecified atom stereocenters. The highest BCUT2D eigenvalue weighted by molar-refractivity contribution is 5.92. The molecule has 1 saturated carbocycles. The van der Waals surface area contributed by atoms with E-state index in [4.69, 9.17) is 0 Å². The highest BCUT2D eigenvalue weighted by atomic mass is 19.1. The molecule has 24 heavy (non-hydrogen) atoms.